The lowest BCUT2D eigenvalue weighted by Crippen LogP contribution is -2.49. The smallest absolute Gasteiger partial charge is 0.224 e. The molecule has 0 radical (unpaired) electrons. The van der Waals surface area contributed by atoms with Gasteiger partial charge >= 0.3 is 0 Å². The monoisotopic (exact) mass is 350 g/mol. The molecule has 0 bridgehead atoms. The van der Waals surface area contributed by atoms with Gasteiger partial charge in [0.2, 0.25) is 5.91 Å². The van der Waals surface area contributed by atoms with Gasteiger partial charge in [-0.25, -0.2) is 0 Å². The van der Waals surface area contributed by atoms with Crippen molar-refractivity contribution in [1.29, 1.82) is 0 Å². The van der Waals surface area contributed by atoms with E-state index in [1.807, 2.05) is 30.3 Å². The number of ether oxygens (including phenoxy) is 1. The molecule has 1 saturated heterocycles. The highest BCUT2D eigenvalue weighted by Gasteiger charge is 2.53. The number of rotatable bonds is 4. The number of piperidine rings is 1. The molecular formula is C22H26N2O2. The van der Waals surface area contributed by atoms with Gasteiger partial charge in [-0.3, -0.25) is 4.79 Å². The molecule has 1 aliphatic heterocycles. The van der Waals surface area contributed by atoms with Crippen LogP contribution in [0.25, 0.3) is 0 Å². The van der Waals surface area contributed by atoms with E-state index in [4.69, 9.17) is 4.74 Å². The van der Waals surface area contributed by atoms with Crippen LogP contribution >= 0.6 is 0 Å². The van der Waals surface area contributed by atoms with Crippen molar-refractivity contribution in [3.8, 4) is 0 Å². The van der Waals surface area contributed by atoms with E-state index in [-0.39, 0.29) is 23.5 Å². The third kappa shape index (κ3) is 2.93. The fourth-order valence-electron chi connectivity index (χ4n) is 4.80. The van der Waals surface area contributed by atoms with Crippen molar-refractivity contribution in [3.63, 3.8) is 0 Å². The molecule has 2 atom stereocenters. The minimum absolute atomic E-state index is 0.0126. The SMILES string of the molecule is CO[C@H]1[C@H](NC(=O)Cc2ccccc2)c2ccccc2C12CCNCC2. The molecule has 1 amide bonds. The zero-order valence-corrected chi connectivity index (χ0v) is 15.2. The van der Waals surface area contributed by atoms with Gasteiger partial charge in [-0.2, -0.15) is 0 Å². The Morgan fingerprint density at radius 2 is 1.81 bits per heavy atom. The van der Waals surface area contributed by atoms with Gasteiger partial charge in [0, 0.05) is 12.5 Å². The predicted molar refractivity (Wildman–Crippen MR) is 102 cm³/mol. The first-order chi connectivity index (χ1) is 12.7. The molecule has 2 N–H and O–H groups in total. The first kappa shape index (κ1) is 17.3. The molecule has 4 heteroatoms. The van der Waals surface area contributed by atoms with Gasteiger partial charge in [0.1, 0.15) is 0 Å². The third-order valence-corrected chi connectivity index (χ3v) is 5.95. The number of carbonyl (C=O) groups is 1. The zero-order valence-electron chi connectivity index (χ0n) is 15.2. The molecule has 136 valence electrons. The normalized spacial score (nSPS) is 23.6. The lowest BCUT2D eigenvalue weighted by molar-refractivity contribution is -0.122. The summed E-state index contributed by atoms with van der Waals surface area (Å²) < 4.78 is 6.01. The van der Waals surface area contributed by atoms with Gasteiger partial charge < -0.3 is 15.4 Å². The van der Waals surface area contributed by atoms with Gasteiger partial charge in [-0.1, -0.05) is 54.6 Å². The second-order valence-electron chi connectivity index (χ2n) is 7.36. The van der Waals surface area contributed by atoms with Crippen LogP contribution in [0.2, 0.25) is 0 Å². The van der Waals surface area contributed by atoms with E-state index in [0.29, 0.717) is 6.42 Å². The van der Waals surface area contributed by atoms with Crippen LogP contribution in [0.3, 0.4) is 0 Å². The van der Waals surface area contributed by atoms with Gasteiger partial charge in [0.05, 0.1) is 18.6 Å². The van der Waals surface area contributed by atoms with Gasteiger partial charge in [-0.05, 0) is 42.6 Å². The predicted octanol–water partition coefficient (Wildman–Crippen LogP) is 2.74. The molecule has 0 saturated carbocycles. The molecule has 1 aliphatic carbocycles. The number of fused-ring (bicyclic) bond motifs is 2. The minimum Gasteiger partial charge on any atom is -0.378 e. The number of benzene rings is 2. The topological polar surface area (TPSA) is 50.4 Å². The number of amides is 1. The average Bonchev–Trinajstić information content (AvgIpc) is 2.92. The summed E-state index contributed by atoms with van der Waals surface area (Å²) in [5, 5.41) is 6.73. The lowest BCUT2D eigenvalue weighted by atomic mass is 9.72. The Bertz CT molecular complexity index is 769. The van der Waals surface area contributed by atoms with Crippen LogP contribution in [0.4, 0.5) is 0 Å². The average molecular weight is 350 g/mol. The van der Waals surface area contributed by atoms with Crippen LogP contribution in [0.5, 0.6) is 0 Å². The Balaban J connectivity index is 1.62. The summed E-state index contributed by atoms with van der Waals surface area (Å²) in [7, 11) is 1.77. The first-order valence-corrected chi connectivity index (χ1v) is 9.41. The van der Waals surface area contributed by atoms with E-state index in [1.165, 1.54) is 11.1 Å². The molecule has 1 spiro atoms. The van der Waals surface area contributed by atoms with E-state index in [2.05, 4.69) is 34.9 Å². The Morgan fingerprint density at radius 3 is 2.54 bits per heavy atom. The van der Waals surface area contributed by atoms with Gasteiger partial charge in [-0.15, -0.1) is 0 Å². The van der Waals surface area contributed by atoms with Crippen LogP contribution in [0, 0.1) is 0 Å². The fraction of sp³-hybridized carbons (Fsp3) is 0.409. The molecule has 2 aromatic carbocycles. The second kappa shape index (κ2) is 7.22. The molecule has 4 nitrogen and oxygen atoms in total. The van der Waals surface area contributed by atoms with Crippen LogP contribution in [-0.2, 0) is 21.4 Å². The third-order valence-electron chi connectivity index (χ3n) is 5.95. The Labute approximate surface area is 155 Å². The summed E-state index contributed by atoms with van der Waals surface area (Å²) in [5.41, 5.74) is 3.57. The number of nitrogens with one attached hydrogen (secondary N) is 2. The van der Waals surface area contributed by atoms with Crippen LogP contribution in [0.15, 0.2) is 54.6 Å². The first-order valence-electron chi connectivity index (χ1n) is 9.41. The molecule has 1 heterocycles. The molecule has 0 aromatic heterocycles. The maximum Gasteiger partial charge on any atom is 0.224 e. The summed E-state index contributed by atoms with van der Waals surface area (Å²) in [6.07, 6.45) is 2.44. The van der Waals surface area contributed by atoms with Crippen LogP contribution < -0.4 is 10.6 Å². The summed E-state index contributed by atoms with van der Waals surface area (Å²) in [5.74, 6) is 0.0454. The van der Waals surface area contributed by atoms with Crippen molar-refractivity contribution < 1.29 is 9.53 Å². The van der Waals surface area contributed by atoms with E-state index in [1.54, 1.807) is 7.11 Å². The van der Waals surface area contributed by atoms with Crippen molar-refractivity contribution in [1.82, 2.24) is 10.6 Å². The second-order valence-corrected chi connectivity index (χ2v) is 7.36. The summed E-state index contributed by atoms with van der Waals surface area (Å²) in [6, 6.07) is 18.3. The molecule has 0 unspecified atom stereocenters. The highest BCUT2D eigenvalue weighted by atomic mass is 16.5. The molecule has 4 rings (SSSR count). The maximum absolute atomic E-state index is 12.7. The van der Waals surface area contributed by atoms with Crippen molar-refractivity contribution in [2.45, 2.75) is 36.8 Å². The molecule has 2 aliphatic rings. The molecular weight excluding hydrogens is 324 g/mol. The summed E-state index contributed by atoms with van der Waals surface area (Å²) in [6.45, 7) is 1.97. The highest BCUT2D eigenvalue weighted by Crippen LogP contribution is 2.51. The number of hydrogen-bond acceptors (Lipinski definition) is 3. The van der Waals surface area contributed by atoms with E-state index in [0.717, 1.165) is 31.5 Å². The van der Waals surface area contributed by atoms with E-state index < -0.39 is 0 Å². The van der Waals surface area contributed by atoms with Crippen molar-refractivity contribution >= 4 is 5.91 Å². The van der Waals surface area contributed by atoms with Gasteiger partial charge in [0.15, 0.2) is 0 Å². The van der Waals surface area contributed by atoms with Crippen molar-refractivity contribution in [3.05, 3.63) is 71.3 Å². The highest BCUT2D eigenvalue weighted by molar-refractivity contribution is 5.79. The quantitative estimate of drug-likeness (QED) is 0.891. The summed E-state index contributed by atoms with van der Waals surface area (Å²) in [4.78, 5) is 12.7. The number of methoxy groups -OCH3 is 1. The Hall–Kier alpha value is -2.17. The minimum atomic E-state index is -0.0921. The molecule has 26 heavy (non-hydrogen) atoms. The van der Waals surface area contributed by atoms with Gasteiger partial charge in [0.25, 0.3) is 0 Å². The lowest BCUT2D eigenvalue weighted by Gasteiger charge is -2.40. The fourth-order valence-corrected chi connectivity index (χ4v) is 4.80. The van der Waals surface area contributed by atoms with E-state index >= 15 is 0 Å². The molecule has 2 aromatic rings. The van der Waals surface area contributed by atoms with Crippen molar-refractivity contribution in [2.75, 3.05) is 20.2 Å². The number of hydrogen-bond donors (Lipinski definition) is 2. The summed E-state index contributed by atoms with van der Waals surface area (Å²) >= 11 is 0. The van der Waals surface area contributed by atoms with E-state index in [9.17, 15) is 4.79 Å². The largest absolute Gasteiger partial charge is 0.378 e. The maximum atomic E-state index is 12.7. The Morgan fingerprint density at radius 1 is 1.12 bits per heavy atom. The Kier molecular flexibility index (Phi) is 4.79. The van der Waals surface area contributed by atoms with Crippen molar-refractivity contribution in [2.24, 2.45) is 0 Å². The number of carbonyl (C=O) groups excluding carboxylic acids is 1. The zero-order chi connectivity index (χ0) is 18.0. The van der Waals surface area contributed by atoms with Crippen LogP contribution in [0.1, 0.15) is 35.6 Å². The van der Waals surface area contributed by atoms with Crippen LogP contribution in [-0.4, -0.2) is 32.2 Å². The molecule has 1 fully saturated rings. The standard InChI is InChI=1S/C22H26N2O2/c1-26-21-20(24-19(25)15-16-7-3-2-4-8-16)17-9-5-6-10-18(17)22(21)11-13-23-14-12-22/h2-10,20-21,23H,11-15H2,1H3,(H,24,25)/t20-,21+/m1/s1.